The molecular formula is C18H21N7O3S. The molecule has 2 heterocycles. The summed E-state index contributed by atoms with van der Waals surface area (Å²) in [7, 11) is 0. The molecule has 0 fully saturated rings. The quantitative estimate of drug-likeness (QED) is 0.564. The number of hydrogen-bond donors (Lipinski definition) is 2. The first-order chi connectivity index (χ1) is 13.9. The second kappa shape index (κ2) is 8.86. The van der Waals surface area contributed by atoms with Gasteiger partial charge in [-0.1, -0.05) is 23.9 Å². The second-order valence-electron chi connectivity index (χ2n) is 6.35. The van der Waals surface area contributed by atoms with E-state index in [1.807, 2.05) is 39.0 Å². The van der Waals surface area contributed by atoms with E-state index in [1.54, 1.807) is 4.57 Å². The molecule has 0 spiro atoms. The van der Waals surface area contributed by atoms with Crippen LogP contribution in [-0.2, 0) is 16.1 Å². The lowest BCUT2D eigenvalue weighted by molar-refractivity contribution is -0.114. The number of aryl methyl sites for hydroxylation is 2. The molecular weight excluding hydrogens is 394 g/mol. The van der Waals surface area contributed by atoms with Crippen molar-refractivity contribution in [2.45, 2.75) is 39.4 Å². The standard InChI is InChI=1S/C18H21N7O3S/c1-5-25-17(15-16(19-12(4)26)24-28-23-15)21-22-18(25)29-9-14(27)20-13-8-10(2)6-7-11(13)3/h6-8H,5,9H2,1-4H3,(H,20,27)(H,19,24,26). The Morgan fingerprint density at radius 2 is 1.97 bits per heavy atom. The zero-order valence-electron chi connectivity index (χ0n) is 16.5. The molecule has 0 atom stereocenters. The van der Waals surface area contributed by atoms with Gasteiger partial charge in [-0.15, -0.1) is 10.2 Å². The van der Waals surface area contributed by atoms with E-state index in [-0.39, 0.29) is 29.1 Å². The molecule has 0 radical (unpaired) electrons. The predicted octanol–water partition coefficient (Wildman–Crippen LogP) is 2.65. The van der Waals surface area contributed by atoms with Crippen LogP contribution in [0, 0.1) is 13.8 Å². The maximum atomic E-state index is 12.4. The summed E-state index contributed by atoms with van der Waals surface area (Å²) in [6.45, 7) is 7.73. The van der Waals surface area contributed by atoms with Gasteiger partial charge in [-0.3, -0.25) is 9.59 Å². The molecule has 1 aromatic carbocycles. The summed E-state index contributed by atoms with van der Waals surface area (Å²) in [5.41, 5.74) is 3.14. The summed E-state index contributed by atoms with van der Waals surface area (Å²) < 4.78 is 6.51. The van der Waals surface area contributed by atoms with Crippen LogP contribution in [0.15, 0.2) is 28.0 Å². The van der Waals surface area contributed by atoms with Crippen LogP contribution in [-0.4, -0.2) is 42.6 Å². The van der Waals surface area contributed by atoms with Gasteiger partial charge < -0.3 is 15.2 Å². The highest BCUT2D eigenvalue weighted by Crippen LogP contribution is 2.27. The number of aromatic nitrogens is 5. The number of amides is 2. The van der Waals surface area contributed by atoms with Crippen molar-refractivity contribution >= 4 is 35.1 Å². The van der Waals surface area contributed by atoms with Crippen molar-refractivity contribution < 1.29 is 14.2 Å². The van der Waals surface area contributed by atoms with Gasteiger partial charge in [-0.05, 0) is 48.3 Å². The van der Waals surface area contributed by atoms with Crippen LogP contribution in [0.1, 0.15) is 25.0 Å². The van der Waals surface area contributed by atoms with E-state index in [0.717, 1.165) is 16.8 Å². The molecule has 0 aliphatic carbocycles. The van der Waals surface area contributed by atoms with E-state index < -0.39 is 0 Å². The summed E-state index contributed by atoms with van der Waals surface area (Å²) in [4.78, 5) is 23.7. The zero-order chi connectivity index (χ0) is 21.0. The van der Waals surface area contributed by atoms with Gasteiger partial charge in [0.1, 0.15) is 0 Å². The summed E-state index contributed by atoms with van der Waals surface area (Å²) in [5, 5.41) is 21.8. The lowest BCUT2D eigenvalue weighted by atomic mass is 10.1. The summed E-state index contributed by atoms with van der Waals surface area (Å²) in [6.07, 6.45) is 0. The van der Waals surface area contributed by atoms with Crippen LogP contribution in [0.25, 0.3) is 11.5 Å². The molecule has 3 aromatic rings. The maximum Gasteiger partial charge on any atom is 0.234 e. The fraction of sp³-hybridized carbons (Fsp3) is 0.333. The summed E-state index contributed by atoms with van der Waals surface area (Å²) in [6, 6.07) is 5.90. The summed E-state index contributed by atoms with van der Waals surface area (Å²) in [5.74, 6) is 0.292. The highest BCUT2D eigenvalue weighted by Gasteiger charge is 2.22. The van der Waals surface area contributed by atoms with Crippen LogP contribution in [0.3, 0.4) is 0 Å². The molecule has 152 valence electrons. The normalized spacial score (nSPS) is 10.8. The summed E-state index contributed by atoms with van der Waals surface area (Å²) >= 11 is 1.26. The Kier molecular flexibility index (Phi) is 6.27. The molecule has 0 saturated heterocycles. The monoisotopic (exact) mass is 415 g/mol. The Morgan fingerprint density at radius 1 is 1.17 bits per heavy atom. The van der Waals surface area contributed by atoms with Crippen molar-refractivity contribution in [3.05, 3.63) is 29.3 Å². The molecule has 0 aliphatic rings. The Bertz CT molecular complexity index is 1040. The predicted molar refractivity (Wildman–Crippen MR) is 109 cm³/mol. The molecule has 2 N–H and O–H groups in total. The number of rotatable bonds is 7. The van der Waals surface area contributed by atoms with Crippen molar-refractivity contribution in [3.63, 3.8) is 0 Å². The smallest absolute Gasteiger partial charge is 0.234 e. The van der Waals surface area contributed by atoms with Crippen molar-refractivity contribution in [1.29, 1.82) is 0 Å². The van der Waals surface area contributed by atoms with Gasteiger partial charge in [0.25, 0.3) is 0 Å². The SMILES string of the molecule is CCn1c(SCC(=O)Nc2cc(C)ccc2C)nnc1-c1nonc1NC(C)=O. The first kappa shape index (κ1) is 20.5. The Balaban J connectivity index is 1.72. The average molecular weight is 415 g/mol. The zero-order valence-corrected chi connectivity index (χ0v) is 17.3. The highest BCUT2D eigenvalue weighted by molar-refractivity contribution is 7.99. The molecule has 11 heteroatoms. The van der Waals surface area contributed by atoms with Crippen molar-refractivity contribution in [2.75, 3.05) is 16.4 Å². The molecule has 10 nitrogen and oxygen atoms in total. The van der Waals surface area contributed by atoms with Gasteiger partial charge in [0.2, 0.25) is 17.6 Å². The first-order valence-corrected chi connectivity index (χ1v) is 9.91. The number of hydrogen-bond acceptors (Lipinski definition) is 8. The Hall–Kier alpha value is -3.21. The number of nitrogens with zero attached hydrogens (tertiary/aromatic N) is 5. The highest BCUT2D eigenvalue weighted by atomic mass is 32.2. The minimum absolute atomic E-state index is 0.141. The fourth-order valence-electron chi connectivity index (χ4n) is 2.63. The average Bonchev–Trinajstić information content (AvgIpc) is 3.28. The number of anilines is 2. The van der Waals surface area contributed by atoms with Crippen molar-refractivity contribution in [1.82, 2.24) is 25.1 Å². The molecule has 3 rings (SSSR count). The maximum absolute atomic E-state index is 12.4. The number of benzene rings is 1. The van der Waals surface area contributed by atoms with Crippen molar-refractivity contribution in [3.8, 4) is 11.5 Å². The molecule has 0 unspecified atom stereocenters. The first-order valence-electron chi connectivity index (χ1n) is 8.92. The van der Waals surface area contributed by atoms with E-state index in [1.165, 1.54) is 18.7 Å². The van der Waals surface area contributed by atoms with Gasteiger partial charge in [0.05, 0.1) is 5.75 Å². The van der Waals surface area contributed by atoms with E-state index >= 15 is 0 Å². The third-order valence-corrected chi connectivity index (χ3v) is 4.99. The largest absolute Gasteiger partial charge is 0.325 e. The number of nitrogens with one attached hydrogen (secondary N) is 2. The fourth-order valence-corrected chi connectivity index (χ4v) is 3.43. The third kappa shape index (κ3) is 4.80. The molecule has 0 saturated carbocycles. The van der Waals surface area contributed by atoms with Crippen molar-refractivity contribution in [2.24, 2.45) is 0 Å². The second-order valence-corrected chi connectivity index (χ2v) is 7.29. The van der Waals surface area contributed by atoms with Gasteiger partial charge in [0, 0.05) is 19.2 Å². The topological polar surface area (TPSA) is 128 Å². The molecule has 0 aliphatic heterocycles. The van der Waals surface area contributed by atoms with Crippen LogP contribution in [0.4, 0.5) is 11.5 Å². The minimum atomic E-state index is -0.303. The molecule has 0 bridgehead atoms. The lowest BCUT2D eigenvalue weighted by Gasteiger charge is -2.09. The van der Waals surface area contributed by atoms with E-state index in [9.17, 15) is 9.59 Å². The molecule has 2 aromatic heterocycles. The van der Waals surface area contributed by atoms with Crippen LogP contribution < -0.4 is 10.6 Å². The van der Waals surface area contributed by atoms with E-state index in [0.29, 0.717) is 17.5 Å². The minimum Gasteiger partial charge on any atom is -0.325 e. The molecule has 2 amide bonds. The third-order valence-electron chi connectivity index (χ3n) is 4.03. The van der Waals surface area contributed by atoms with Gasteiger partial charge in [-0.2, -0.15) is 0 Å². The van der Waals surface area contributed by atoms with E-state index in [2.05, 4.69) is 31.1 Å². The molecule has 29 heavy (non-hydrogen) atoms. The van der Waals surface area contributed by atoms with E-state index in [4.69, 9.17) is 4.63 Å². The van der Waals surface area contributed by atoms with Crippen LogP contribution >= 0.6 is 11.8 Å². The number of carbonyl (C=O) groups is 2. The van der Waals surface area contributed by atoms with Gasteiger partial charge in [-0.25, -0.2) is 4.63 Å². The van der Waals surface area contributed by atoms with Gasteiger partial charge in [0.15, 0.2) is 16.7 Å². The Labute approximate surface area is 171 Å². The Morgan fingerprint density at radius 3 is 2.69 bits per heavy atom. The van der Waals surface area contributed by atoms with Gasteiger partial charge >= 0.3 is 0 Å². The van der Waals surface area contributed by atoms with Crippen LogP contribution in [0.2, 0.25) is 0 Å². The number of carbonyl (C=O) groups excluding carboxylic acids is 2. The number of thioether (sulfide) groups is 1. The van der Waals surface area contributed by atoms with Crippen LogP contribution in [0.5, 0.6) is 0 Å². The lowest BCUT2D eigenvalue weighted by Crippen LogP contribution is -2.15.